The van der Waals surface area contributed by atoms with Crippen LogP contribution in [0.3, 0.4) is 0 Å². The van der Waals surface area contributed by atoms with E-state index >= 15 is 0 Å². The Labute approximate surface area is 195 Å². The first-order chi connectivity index (χ1) is 15.9. The summed E-state index contributed by atoms with van der Waals surface area (Å²) in [5.41, 5.74) is 2.08. The van der Waals surface area contributed by atoms with Gasteiger partial charge in [0.15, 0.2) is 0 Å². The van der Waals surface area contributed by atoms with E-state index < -0.39 is 17.1 Å². The van der Waals surface area contributed by atoms with Crippen LogP contribution in [-0.2, 0) is 14.3 Å². The van der Waals surface area contributed by atoms with Crippen LogP contribution in [-0.4, -0.2) is 65.7 Å². The predicted octanol–water partition coefficient (Wildman–Crippen LogP) is 3.11. The van der Waals surface area contributed by atoms with Crippen molar-refractivity contribution < 1.29 is 28.7 Å². The van der Waals surface area contributed by atoms with E-state index in [1.54, 1.807) is 53.4 Å². The minimum atomic E-state index is -0.499. The van der Waals surface area contributed by atoms with Crippen molar-refractivity contribution in [1.29, 1.82) is 0 Å². The van der Waals surface area contributed by atoms with Gasteiger partial charge in [-0.2, -0.15) is 0 Å². The number of esters is 1. The van der Waals surface area contributed by atoms with Gasteiger partial charge in [-0.1, -0.05) is 29.8 Å². The summed E-state index contributed by atoms with van der Waals surface area (Å²) in [6, 6.07) is 13.7. The molecule has 0 bridgehead atoms. The molecule has 0 N–H and O–H groups in total. The van der Waals surface area contributed by atoms with Crippen LogP contribution in [0.4, 0.5) is 4.79 Å². The molecule has 2 aliphatic heterocycles. The molecule has 3 amide bonds. The molecule has 0 aromatic heterocycles. The average Bonchev–Trinajstić information content (AvgIpc) is 3.08. The van der Waals surface area contributed by atoms with Crippen LogP contribution < -0.4 is 4.74 Å². The lowest BCUT2D eigenvalue weighted by Gasteiger charge is -2.28. The minimum absolute atomic E-state index is 0.235. The standard InChI is InChI=1S/C24H22N2O6S/c1-16-3-2-4-18(13-16)23(29)32-19-7-5-17(6-8-19)14-20-22(28)26(24(30)33-20)15-21(27)25-9-11-31-12-10-25/h2-8,13-14H,9-12,15H2,1H3/b20-14-. The van der Waals surface area contributed by atoms with Crippen LogP contribution in [0.2, 0.25) is 0 Å². The van der Waals surface area contributed by atoms with Gasteiger partial charge in [0.25, 0.3) is 11.1 Å². The number of hydrogen-bond donors (Lipinski definition) is 0. The molecule has 0 radical (unpaired) electrons. The van der Waals surface area contributed by atoms with Crippen molar-refractivity contribution in [2.45, 2.75) is 6.92 Å². The number of imide groups is 1. The summed E-state index contributed by atoms with van der Waals surface area (Å²) in [5.74, 6) is -0.872. The van der Waals surface area contributed by atoms with Gasteiger partial charge in [0.05, 0.1) is 23.7 Å². The number of thioether (sulfide) groups is 1. The van der Waals surface area contributed by atoms with E-state index in [9.17, 15) is 19.2 Å². The van der Waals surface area contributed by atoms with E-state index in [1.165, 1.54) is 0 Å². The van der Waals surface area contributed by atoms with E-state index in [0.717, 1.165) is 22.2 Å². The maximum Gasteiger partial charge on any atom is 0.343 e. The molecule has 170 valence electrons. The number of morpholine rings is 1. The molecule has 4 rings (SSSR count). The zero-order chi connectivity index (χ0) is 23.4. The average molecular weight is 467 g/mol. The molecule has 2 aromatic rings. The zero-order valence-corrected chi connectivity index (χ0v) is 18.8. The van der Waals surface area contributed by atoms with Gasteiger partial charge < -0.3 is 14.4 Å². The first-order valence-corrected chi connectivity index (χ1v) is 11.2. The number of aryl methyl sites for hydroxylation is 1. The summed E-state index contributed by atoms with van der Waals surface area (Å²) < 4.78 is 10.6. The van der Waals surface area contributed by atoms with Crippen LogP contribution in [0.5, 0.6) is 5.75 Å². The van der Waals surface area contributed by atoms with Crippen LogP contribution in [0, 0.1) is 6.92 Å². The largest absolute Gasteiger partial charge is 0.423 e. The molecule has 2 aromatic carbocycles. The highest BCUT2D eigenvalue weighted by molar-refractivity contribution is 8.18. The smallest absolute Gasteiger partial charge is 0.343 e. The monoisotopic (exact) mass is 466 g/mol. The summed E-state index contributed by atoms with van der Waals surface area (Å²) >= 11 is 0.796. The predicted molar refractivity (Wildman–Crippen MR) is 123 cm³/mol. The molecule has 33 heavy (non-hydrogen) atoms. The number of hydrogen-bond acceptors (Lipinski definition) is 7. The van der Waals surface area contributed by atoms with Crippen LogP contribution in [0.25, 0.3) is 6.08 Å². The molecule has 9 heteroatoms. The maximum absolute atomic E-state index is 12.7. The second kappa shape index (κ2) is 10.0. The Hall–Kier alpha value is -3.43. The van der Waals surface area contributed by atoms with Gasteiger partial charge in [-0.25, -0.2) is 4.79 Å². The fourth-order valence-corrected chi connectivity index (χ4v) is 4.24. The zero-order valence-electron chi connectivity index (χ0n) is 18.0. The quantitative estimate of drug-likeness (QED) is 0.380. The van der Waals surface area contributed by atoms with E-state index in [2.05, 4.69) is 0 Å². The molecule has 8 nitrogen and oxygen atoms in total. The molecular formula is C24H22N2O6S. The molecule has 0 unspecified atom stereocenters. The van der Waals surface area contributed by atoms with E-state index in [1.807, 2.05) is 13.0 Å². The Morgan fingerprint density at radius 1 is 1.09 bits per heavy atom. The third-order valence-electron chi connectivity index (χ3n) is 5.17. The second-order valence-electron chi connectivity index (χ2n) is 7.59. The SMILES string of the molecule is Cc1cccc(C(=O)Oc2ccc(/C=C3\SC(=O)N(CC(=O)N4CCOCC4)C3=O)cc2)c1. The minimum Gasteiger partial charge on any atom is -0.423 e. The summed E-state index contributed by atoms with van der Waals surface area (Å²) in [7, 11) is 0. The molecule has 0 spiro atoms. The van der Waals surface area contributed by atoms with Crippen molar-refractivity contribution in [1.82, 2.24) is 9.80 Å². The van der Waals surface area contributed by atoms with Crippen LogP contribution in [0.15, 0.2) is 53.4 Å². The Bertz CT molecular complexity index is 1120. The van der Waals surface area contributed by atoms with Crippen molar-refractivity contribution in [2.75, 3.05) is 32.8 Å². The molecule has 0 aliphatic carbocycles. The normalized spacial score (nSPS) is 17.5. The number of rotatable bonds is 5. The molecule has 2 heterocycles. The third-order valence-corrected chi connectivity index (χ3v) is 6.08. The number of carbonyl (C=O) groups is 4. The first-order valence-electron chi connectivity index (χ1n) is 10.4. The Morgan fingerprint density at radius 3 is 2.52 bits per heavy atom. The van der Waals surface area contributed by atoms with Crippen molar-refractivity contribution in [3.63, 3.8) is 0 Å². The van der Waals surface area contributed by atoms with Crippen molar-refractivity contribution >= 4 is 40.9 Å². The van der Waals surface area contributed by atoms with Crippen molar-refractivity contribution in [3.05, 3.63) is 70.1 Å². The molecule has 0 atom stereocenters. The summed E-state index contributed by atoms with van der Waals surface area (Å²) in [6.07, 6.45) is 1.58. The fourth-order valence-electron chi connectivity index (χ4n) is 3.41. The van der Waals surface area contributed by atoms with Gasteiger partial charge >= 0.3 is 5.97 Å². The number of amides is 3. The van der Waals surface area contributed by atoms with Gasteiger partial charge in [0.2, 0.25) is 5.91 Å². The van der Waals surface area contributed by atoms with Crippen LogP contribution >= 0.6 is 11.8 Å². The Balaban J connectivity index is 1.39. The Kier molecular flexibility index (Phi) is 6.90. The van der Waals surface area contributed by atoms with E-state index in [4.69, 9.17) is 9.47 Å². The summed E-state index contributed by atoms with van der Waals surface area (Å²) in [6.45, 7) is 3.41. The highest BCUT2D eigenvalue weighted by Gasteiger charge is 2.37. The van der Waals surface area contributed by atoms with Gasteiger partial charge in [-0.05, 0) is 54.6 Å². The molecular weight excluding hydrogens is 444 g/mol. The second-order valence-corrected chi connectivity index (χ2v) is 8.58. The van der Waals surface area contributed by atoms with Gasteiger partial charge in [-0.15, -0.1) is 0 Å². The number of nitrogens with zero attached hydrogens (tertiary/aromatic N) is 2. The summed E-state index contributed by atoms with van der Waals surface area (Å²) in [5, 5.41) is -0.475. The molecule has 2 aliphatic rings. The summed E-state index contributed by atoms with van der Waals surface area (Å²) in [4.78, 5) is 52.5. The topological polar surface area (TPSA) is 93.2 Å². The molecule has 2 saturated heterocycles. The maximum atomic E-state index is 12.7. The van der Waals surface area contributed by atoms with Crippen molar-refractivity contribution in [3.8, 4) is 5.75 Å². The highest BCUT2D eigenvalue weighted by Crippen LogP contribution is 2.32. The number of carbonyl (C=O) groups excluding carboxylic acids is 4. The van der Waals surface area contributed by atoms with Gasteiger partial charge in [0.1, 0.15) is 12.3 Å². The lowest BCUT2D eigenvalue weighted by molar-refractivity contribution is -0.139. The number of ether oxygens (including phenoxy) is 2. The lowest BCUT2D eigenvalue weighted by Crippen LogP contribution is -2.46. The lowest BCUT2D eigenvalue weighted by atomic mass is 10.1. The van der Waals surface area contributed by atoms with Crippen molar-refractivity contribution in [2.24, 2.45) is 0 Å². The molecule has 2 fully saturated rings. The Morgan fingerprint density at radius 2 is 1.82 bits per heavy atom. The van der Waals surface area contributed by atoms with Crippen LogP contribution in [0.1, 0.15) is 21.5 Å². The van der Waals surface area contributed by atoms with Gasteiger partial charge in [-0.3, -0.25) is 19.3 Å². The van der Waals surface area contributed by atoms with E-state index in [-0.39, 0.29) is 17.4 Å². The fraction of sp³-hybridized carbons (Fsp3) is 0.250. The molecule has 0 saturated carbocycles. The first kappa shape index (κ1) is 22.8. The van der Waals surface area contributed by atoms with Gasteiger partial charge in [0, 0.05) is 13.1 Å². The van der Waals surface area contributed by atoms with E-state index in [0.29, 0.717) is 43.2 Å². The number of benzene rings is 2. The highest BCUT2D eigenvalue weighted by atomic mass is 32.2. The third kappa shape index (κ3) is 5.50.